The lowest BCUT2D eigenvalue weighted by Gasteiger charge is -2.22. The van der Waals surface area contributed by atoms with Crippen molar-refractivity contribution in [2.24, 2.45) is 0 Å². The fraction of sp³-hybridized carbons (Fsp3) is 0.583. The monoisotopic (exact) mass is 256 g/mol. The summed E-state index contributed by atoms with van der Waals surface area (Å²) in [4.78, 5) is 4.29. The quantitative estimate of drug-likeness (QED) is 0.770. The normalized spacial score (nSPS) is 14.4. The zero-order valence-electron chi connectivity index (χ0n) is 10.6. The van der Waals surface area contributed by atoms with Crippen LogP contribution in [0.3, 0.4) is 0 Å². The van der Waals surface area contributed by atoms with E-state index in [-0.39, 0.29) is 0 Å². The first-order chi connectivity index (χ1) is 8.07. The molecule has 1 rings (SSSR count). The van der Waals surface area contributed by atoms with Gasteiger partial charge in [-0.25, -0.2) is 4.98 Å². The van der Waals surface area contributed by atoms with E-state index in [0.717, 1.165) is 5.69 Å². The smallest absolute Gasteiger partial charge is 0.213 e. The minimum absolute atomic E-state index is 0.548. The van der Waals surface area contributed by atoms with Crippen molar-refractivity contribution < 1.29 is 9.84 Å². The molecule has 0 aliphatic heterocycles. The van der Waals surface area contributed by atoms with E-state index in [2.05, 4.69) is 10.3 Å². The number of aromatic nitrogens is 1. The highest BCUT2D eigenvalue weighted by Gasteiger charge is 2.18. The Kier molecular flexibility index (Phi) is 5.74. The van der Waals surface area contributed by atoms with Crippen LogP contribution < -0.4 is 10.1 Å². The van der Waals surface area contributed by atoms with Crippen LogP contribution in [0.15, 0.2) is 18.2 Å². The molecule has 2 N–H and O–H groups in total. The van der Waals surface area contributed by atoms with E-state index >= 15 is 0 Å². The highest BCUT2D eigenvalue weighted by atomic mass is 32.2. The summed E-state index contributed by atoms with van der Waals surface area (Å²) in [5.41, 5.74) is 0.225. The van der Waals surface area contributed by atoms with Gasteiger partial charge in [-0.15, -0.1) is 0 Å². The third-order valence-electron chi connectivity index (χ3n) is 2.26. The van der Waals surface area contributed by atoms with E-state index in [1.165, 1.54) is 0 Å². The molecular formula is C12H20N2O2S. The van der Waals surface area contributed by atoms with E-state index < -0.39 is 5.60 Å². The van der Waals surface area contributed by atoms with E-state index in [1.54, 1.807) is 18.9 Å². The first kappa shape index (κ1) is 14.3. The summed E-state index contributed by atoms with van der Waals surface area (Å²) in [6, 6.07) is 5.65. The Bertz CT molecular complexity index is 345. The largest absolute Gasteiger partial charge is 0.481 e. The van der Waals surface area contributed by atoms with Gasteiger partial charge in [0.15, 0.2) is 0 Å². The highest BCUT2D eigenvalue weighted by molar-refractivity contribution is 7.98. The van der Waals surface area contributed by atoms with Crippen molar-refractivity contribution in [1.29, 1.82) is 0 Å². The predicted octanol–water partition coefficient (Wildman–Crippen LogP) is 1.29. The van der Waals surface area contributed by atoms with Crippen molar-refractivity contribution in [2.45, 2.75) is 19.1 Å². The van der Waals surface area contributed by atoms with Crippen LogP contribution in [0.4, 0.5) is 0 Å². The zero-order chi connectivity index (χ0) is 12.7. The minimum Gasteiger partial charge on any atom is -0.481 e. The lowest BCUT2D eigenvalue weighted by molar-refractivity contribution is 0.0845. The summed E-state index contributed by atoms with van der Waals surface area (Å²) in [5, 5.41) is 13.2. The summed E-state index contributed by atoms with van der Waals surface area (Å²) >= 11 is 1.64. The third-order valence-corrected chi connectivity index (χ3v) is 3.17. The van der Waals surface area contributed by atoms with Gasteiger partial charge in [0, 0.05) is 24.9 Å². The second-order valence-corrected chi connectivity index (χ2v) is 5.07. The molecule has 1 aromatic rings. The highest BCUT2D eigenvalue weighted by Crippen LogP contribution is 2.10. The minimum atomic E-state index is -0.682. The molecule has 96 valence electrons. The van der Waals surface area contributed by atoms with Crippen LogP contribution in [-0.4, -0.2) is 41.4 Å². The SMILES string of the molecule is COc1cccc(CNCC(C)(O)CSC)n1. The Balaban J connectivity index is 2.40. The summed E-state index contributed by atoms with van der Waals surface area (Å²) in [5.74, 6) is 1.33. The molecule has 1 heterocycles. The number of nitrogens with zero attached hydrogens (tertiary/aromatic N) is 1. The Morgan fingerprint density at radius 3 is 2.94 bits per heavy atom. The molecule has 0 fully saturated rings. The van der Waals surface area contributed by atoms with Crippen molar-refractivity contribution in [1.82, 2.24) is 10.3 Å². The molecular weight excluding hydrogens is 236 g/mol. The molecule has 4 nitrogen and oxygen atoms in total. The molecule has 0 saturated carbocycles. The third kappa shape index (κ3) is 5.39. The first-order valence-corrected chi connectivity index (χ1v) is 6.89. The van der Waals surface area contributed by atoms with Crippen molar-refractivity contribution in [3.8, 4) is 5.88 Å². The maximum atomic E-state index is 9.96. The van der Waals surface area contributed by atoms with Gasteiger partial charge < -0.3 is 15.2 Å². The molecule has 0 bridgehead atoms. The number of thioether (sulfide) groups is 1. The Labute approximate surface area is 107 Å². The van der Waals surface area contributed by atoms with E-state index in [4.69, 9.17) is 4.74 Å². The van der Waals surface area contributed by atoms with Gasteiger partial charge in [0.2, 0.25) is 5.88 Å². The molecule has 0 amide bonds. The summed E-state index contributed by atoms with van der Waals surface area (Å²) < 4.78 is 5.05. The Hall–Kier alpha value is -0.780. The number of rotatable bonds is 7. The van der Waals surface area contributed by atoms with Crippen LogP contribution in [0.2, 0.25) is 0 Å². The Morgan fingerprint density at radius 1 is 1.53 bits per heavy atom. The molecule has 0 aliphatic rings. The van der Waals surface area contributed by atoms with Gasteiger partial charge >= 0.3 is 0 Å². The number of hydrogen-bond donors (Lipinski definition) is 2. The van der Waals surface area contributed by atoms with Crippen LogP contribution in [0.5, 0.6) is 5.88 Å². The van der Waals surface area contributed by atoms with Crippen molar-refractivity contribution in [3.05, 3.63) is 23.9 Å². The van der Waals surface area contributed by atoms with Gasteiger partial charge in [0.05, 0.1) is 18.4 Å². The van der Waals surface area contributed by atoms with E-state index in [1.807, 2.05) is 31.4 Å². The number of nitrogens with one attached hydrogen (secondary N) is 1. The van der Waals surface area contributed by atoms with Crippen molar-refractivity contribution in [2.75, 3.05) is 25.7 Å². The maximum absolute atomic E-state index is 9.96. The Morgan fingerprint density at radius 2 is 2.29 bits per heavy atom. The van der Waals surface area contributed by atoms with Gasteiger partial charge in [0.1, 0.15) is 0 Å². The molecule has 1 aromatic heterocycles. The number of methoxy groups -OCH3 is 1. The van der Waals surface area contributed by atoms with Crippen LogP contribution in [0, 0.1) is 0 Å². The molecule has 0 spiro atoms. The second-order valence-electron chi connectivity index (χ2n) is 4.20. The topological polar surface area (TPSA) is 54.4 Å². The van der Waals surface area contributed by atoms with Gasteiger partial charge in [-0.1, -0.05) is 6.07 Å². The number of aliphatic hydroxyl groups is 1. The number of hydrogen-bond acceptors (Lipinski definition) is 5. The lowest BCUT2D eigenvalue weighted by Crippen LogP contribution is -2.39. The summed E-state index contributed by atoms with van der Waals surface area (Å²) in [6.45, 7) is 3.00. The zero-order valence-corrected chi connectivity index (χ0v) is 11.4. The molecule has 17 heavy (non-hydrogen) atoms. The molecule has 0 radical (unpaired) electrons. The number of ether oxygens (including phenoxy) is 1. The van der Waals surface area contributed by atoms with E-state index in [9.17, 15) is 5.11 Å². The standard InChI is InChI=1S/C12H20N2O2S/c1-12(15,9-17-3)8-13-7-10-5-4-6-11(14-10)16-2/h4-6,13,15H,7-9H2,1-3H3. The summed E-state index contributed by atoms with van der Waals surface area (Å²) in [6.07, 6.45) is 1.98. The van der Waals surface area contributed by atoms with Crippen LogP contribution in [0.1, 0.15) is 12.6 Å². The maximum Gasteiger partial charge on any atom is 0.213 e. The molecule has 5 heteroatoms. The summed E-state index contributed by atoms with van der Waals surface area (Å²) in [7, 11) is 1.60. The van der Waals surface area contributed by atoms with Gasteiger partial charge in [-0.3, -0.25) is 0 Å². The average molecular weight is 256 g/mol. The van der Waals surface area contributed by atoms with E-state index in [0.29, 0.717) is 24.7 Å². The van der Waals surface area contributed by atoms with Crippen molar-refractivity contribution in [3.63, 3.8) is 0 Å². The average Bonchev–Trinajstić information content (AvgIpc) is 2.29. The second kappa shape index (κ2) is 6.83. The first-order valence-electron chi connectivity index (χ1n) is 5.49. The van der Waals surface area contributed by atoms with Gasteiger partial charge in [-0.2, -0.15) is 11.8 Å². The van der Waals surface area contributed by atoms with Crippen LogP contribution in [-0.2, 0) is 6.54 Å². The fourth-order valence-electron chi connectivity index (χ4n) is 1.49. The van der Waals surface area contributed by atoms with Crippen molar-refractivity contribution >= 4 is 11.8 Å². The van der Waals surface area contributed by atoms with Crippen LogP contribution in [0.25, 0.3) is 0 Å². The van der Waals surface area contributed by atoms with Crippen LogP contribution >= 0.6 is 11.8 Å². The van der Waals surface area contributed by atoms with Gasteiger partial charge in [-0.05, 0) is 19.2 Å². The number of pyridine rings is 1. The molecule has 1 atom stereocenters. The molecule has 0 aromatic carbocycles. The fourth-order valence-corrected chi connectivity index (χ4v) is 2.22. The molecule has 0 aliphatic carbocycles. The molecule has 1 unspecified atom stereocenters. The lowest BCUT2D eigenvalue weighted by atomic mass is 10.1. The van der Waals surface area contributed by atoms with Gasteiger partial charge in [0.25, 0.3) is 0 Å². The molecule has 0 saturated heterocycles. The predicted molar refractivity (Wildman–Crippen MR) is 71.5 cm³/mol.